The molecule has 4 aliphatic rings. The van der Waals surface area contributed by atoms with Gasteiger partial charge >= 0.3 is 0 Å². The van der Waals surface area contributed by atoms with E-state index in [9.17, 15) is 14.7 Å². The number of aliphatic hydroxyl groups is 1. The lowest BCUT2D eigenvalue weighted by atomic mass is 9.59. The summed E-state index contributed by atoms with van der Waals surface area (Å²) < 4.78 is 6.35. The van der Waals surface area contributed by atoms with E-state index in [4.69, 9.17) is 4.74 Å². The van der Waals surface area contributed by atoms with Crippen LogP contribution in [0.3, 0.4) is 0 Å². The summed E-state index contributed by atoms with van der Waals surface area (Å²) in [7, 11) is 0. The minimum atomic E-state index is -0.115. The molecule has 5 rings (SSSR count). The Balaban J connectivity index is 1.40. The molecule has 2 heterocycles. The molecular weight excluding hydrogens is 392 g/mol. The van der Waals surface area contributed by atoms with Crippen LogP contribution < -0.4 is 10.2 Å². The monoisotopic (exact) mass is 426 g/mol. The fourth-order valence-corrected chi connectivity index (χ4v) is 7.22. The van der Waals surface area contributed by atoms with E-state index < -0.39 is 0 Å². The van der Waals surface area contributed by atoms with Crippen LogP contribution in [0.2, 0.25) is 0 Å². The van der Waals surface area contributed by atoms with Gasteiger partial charge in [0.05, 0.1) is 12.7 Å². The van der Waals surface area contributed by atoms with Crippen LogP contribution in [0.15, 0.2) is 24.3 Å². The molecule has 2 aliphatic carbocycles. The number of hydrogen-bond acceptors (Lipinski definition) is 4. The van der Waals surface area contributed by atoms with Gasteiger partial charge in [-0.1, -0.05) is 26.0 Å². The van der Waals surface area contributed by atoms with E-state index in [1.165, 1.54) is 5.56 Å². The predicted molar refractivity (Wildman–Crippen MR) is 117 cm³/mol. The smallest absolute Gasteiger partial charge is 0.227 e. The number of fused-ring (bicyclic) bond motifs is 1. The molecule has 2 saturated carbocycles. The zero-order valence-corrected chi connectivity index (χ0v) is 18.6. The fraction of sp³-hybridized carbons (Fsp3) is 0.680. The number of hydrogen-bond donors (Lipinski definition) is 2. The van der Waals surface area contributed by atoms with E-state index >= 15 is 0 Å². The van der Waals surface area contributed by atoms with Crippen molar-refractivity contribution in [3.8, 4) is 0 Å². The standard InChI is InChI=1S/C25H34N2O4/c1-24(2)17-14-19-22(16-5-7-18(8-6-16)27-11-3-4-21(27)30)31-13-10-25(19,15-17)23(24)26-20(29)9-12-28/h5-8,17,19,22-23,28H,3-4,9-15H2,1-2H3,(H,26,29)/t17-,19-,22-,23+,25-/m1/s1. The Bertz CT molecular complexity index is 867. The van der Waals surface area contributed by atoms with Crippen LogP contribution in [0.25, 0.3) is 0 Å². The summed E-state index contributed by atoms with van der Waals surface area (Å²) in [5.41, 5.74) is 2.24. The Morgan fingerprint density at radius 3 is 2.74 bits per heavy atom. The van der Waals surface area contributed by atoms with Crippen molar-refractivity contribution in [3.05, 3.63) is 29.8 Å². The SMILES string of the molecule is CC1(C)[C@@H]2C[C@@H]3[C@@H](c4ccc(N5CCCC5=O)cc4)OCC[C@]3(C2)[C@H]1NC(=O)CCO. The van der Waals surface area contributed by atoms with Crippen LogP contribution in [0, 0.1) is 22.7 Å². The molecule has 5 atom stereocenters. The van der Waals surface area contributed by atoms with Crippen LogP contribution in [-0.2, 0) is 14.3 Å². The largest absolute Gasteiger partial charge is 0.396 e. The van der Waals surface area contributed by atoms with Gasteiger partial charge in [-0.05, 0) is 66.0 Å². The number of amides is 2. The minimum absolute atomic E-state index is 0.0235. The molecule has 6 heteroatoms. The van der Waals surface area contributed by atoms with Crippen molar-refractivity contribution in [1.82, 2.24) is 5.32 Å². The first kappa shape index (κ1) is 21.0. The maximum Gasteiger partial charge on any atom is 0.227 e. The Morgan fingerprint density at radius 2 is 2.06 bits per heavy atom. The van der Waals surface area contributed by atoms with Gasteiger partial charge in [-0.3, -0.25) is 9.59 Å². The van der Waals surface area contributed by atoms with Crippen molar-refractivity contribution in [2.75, 3.05) is 24.7 Å². The van der Waals surface area contributed by atoms with Crippen LogP contribution in [-0.4, -0.2) is 42.7 Å². The van der Waals surface area contributed by atoms with Gasteiger partial charge in [0.25, 0.3) is 0 Å². The highest BCUT2D eigenvalue weighted by Gasteiger charge is 2.68. The number of ether oxygens (including phenoxy) is 1. The highest BCUT2D eigenvalue weighted by atomic mass is 16.5. The van der Waals surface area contributed by atoms with E-state index in [1.807, 2.05) is 4.90 Å². The van der Waals surface area contributed by atoms with Gasteiger partial charge in [-0.15, -0.1) is 0 Å². The van der Waals surface area contributed by atoms with Crippen molar-refractivity contribution in [2.24, 2.45) is 22.7 Å². The molecule has 2 aliphatic heterocycles. The van der Waals surface area contributed by atoms with Gasteiger partial charge in [-0.2, -0.15) is 0 Å². The molecule has 168 valence electrons. The first-order chi connectivity index (χ1) is 14.9. The van der Waals surface area contributed by atoms with Crippen LogP contribution >= 0.6 is 0 Å². The molecule has 31 heavy (non-hydrogen) atoms. The van der Waals surface area contributed by atoms with Crippen molar-refractivity contribution in [3.63, 3.8) is 0 Å². The average molecular weight is 427 g/mol. The summed E-state index contributed by atoms with van der Waals surface area (Å²) in [5.74, 6) is 1.09. The van der Waals surface area contributed by atoms with Gasteiger partial charge in [0.2, 0.25) is 11.8 Å². The number of nitrogens with one attached hydrogen (secondary N) is 1. The first-order valence-electron chi connectivity index (χ1n) is 11.8. The third-order valence-corrected chi connectivity index (χ3v) is 8.76. The first-order valence-corrected chi connectivity index (χ1v) is 11.8. The molecule has 0 radical (unpaired) electrons. The molecule has 0 unspecified atom stereocenters. The molecule has 0 aromatic heterocycles. The topological polar surface area (TPSA) is 78.9 Å². The predicted octanol–water partition coefficient (Wildman–Crippen LogP) is 3.19. The second-order valence-electron chi connectivity index (χ2n) is 10.6. The Labute approximate surface area is 184 Å². The average Bonchev–Trinajstić information content (AvgIpc) is 3.40. The van der Waals surface area contributed by atoms with E-state index in [0.717, 1.165) is 37.9 Å². The molecule has 2 bridgehead atoms. The fourth-order valence-electron chi connectivity index (χ4n) is 7.22. The Hall–Kier alpha value is -1.92. The van der Waals surface area contributed by atoms with Crippen LogP contribution in [0.5, 0.6) is 0 Å². The molecular formula is C25H34N2O4. The maximum absolute atomic E-state index is 12.4. The molecule has 1 spiro atoms. The highest BCUT2D eigenvalue weighted by molar-refractivity contribution is 5.95. The Kier molecular flexibility index (Phi) is 5.13. The zero-order valence-electron chi connectivity index (χ0n) is 18.6. The van der Waals surface area contributed by atoms with Gasteiger partial charge in [0, 0.05) is 37.7 Å². The number of aliphatic hydroxyl groups excluding tert-OH is 1. The van der Waals surface area contributed by atoms with E-state index in [1.54, 1.807) is 0 Å². The summed E-state index contributed by atoms with van der Waals surface area (Å²) in [6.07, 6.45) is 4.98. The number of nitrogens with zero attached hydrogens (tertiary/aromatic N) is 1. The summed E-state index contributed by atoms with van der Waals surface area (Å²) in [5, 5.41) is 12.5. The minimum Gasteiger partial charge on any atom is -0.396 e. The lowest BCUT2D eigenvalue weighted by molar-refractivity contribution is -0.137. The van der Waals surface area contributed by atoms with Gasteiger partial charge in [0.1, 0.15) is 0 Å². The molecule has 2 saturated heterocycles. The number of carbonyl (C=O) groups excluding carboxylic acids is 2. The molecule has 1 aromatic carbocycles. The third kappa shape index (κ3) is 3.21. The summed E-state index contributed by atoms with van der Waals surface area (Å²) in [4.78, 5) is 26.4. The normalized spacial score (nSPS) is 36.0. The second-order valence-corrected chi connectivity index (χ2v) is 10.6. The number of anilines is 1. The molecule has 2 N–H and O–H groups in total. The van der Waals surface area contributed by atoms with Crippen molar-refractivity contribution < 1.29 is 19.4 Å². The van der Waals surface area contributed by atoms with Gasteiger partial charge in [-0.25, -0.2) is 0 Å². The lowest BCUT2D eigenvalue weighted by Gasteiger charge is -2.53. The van der Waals surface area contributed by atoms with Crippen molar-refractivity contribution >= 4 is 17.5 Å². The van der Waals surface area contributed by atoms with Crippen molar-refractivity contribution in [1.29, 1.82) is 0 Å². The van der Waals surface area contributed by atoms with Crippen molar-refractivity contribution in [2.45, 2.75) is 64.5 Å². The van der Waals surface area contributed by atoms with Crippen LogP contribution in [0.1, 0.15) is 64.0 Å². The molecule has 2 amide bonds. The van der Waals surface area contributed by atoms with Gasteiger partial charge in [0.15, 0.2) is 0 Å². The number of benzene rings is 1. The lowest BCUT2D eigenvalue weighted by Crippen LogP contribution is -2.59. The Morgan fingerprint density at radius 1 is 1.29 bits per heavy atom. The third-order valence-electron chi connectivity index (χ3n) is 8.76. The van der Waals surface area contributed by atoms with Crippen LogP contribution in [0.4, 0.5) is 5.69 Å². The highest BCUT2D eigenvalue weighted by Crippen LogP contribution is 2.70. The van der Waals surface area contributed by atoms with Gasteiger partial charge < -0.3 is 20.1 Å². The number of rotatable bonds is 5. The molecule has 6 nitrogen and oxygen atoms in total. The summed E-state index contributed by atoms with van der Waals surface area (Å²) >= 11 is 0. The molecule has 4 fully saturated rings. The summed E-state index contributed by atoms with van der Waals surface area (Å²) in [6, 6.07) is 8.47. The zero-order chi connectivity index (χ0) is 21.8. The van der Waals surface area contributed by atoms with E-state index in [0.29, 0.717) is 24.9 Å². The van der Waals surface area contributed by atoms with E-state index in [-0.39, 0.29) is 47.8 Å². The number of carbonyl (C=O) groups is 2. The molecule has 1 aromatic rings. The maximum atomic E-state index is 12.4. The second kappa shape index (κ2) is 7.59. The summed E-state index contributed by atoms with van der Waals surface area (Å²) in [6.45, 7) is 5.96. The quantitative estimate of drug-likeness (QED) is 0.758. The van der Waals surface area contributed by atoms with E-state index in [2.05, 4.69) is 43.4 Å².